The predicted molar refractivity (Wildman–Crippen MR) is 62.4 cm³/mol. The van der Waals surface area contributed by atoms with Crippen molar-refractivity contribution in [1.29, 1.82) is 0 Å². The molecule has 3 N–H and O–H groups in total. The average Bonchev–Trinajstić information content (AvgIpc) is 2.60. The number of halogens is 2. The second kappa shape index (κ2) is 4.62. The molecule has 1 aromatic heterocycles. The normalized spacial score (nSPS) is 32.2. The van der Waals surface area contributed by atoms with Crippen LogP contribution >= 0.6 is 0 Å². The molecule has 0 aliphatic carbocycles. The third kappa shape index (κ3) is 1.90. The number of hydrogen-bond acceptors (Lipinski definition) is 5. The number of nitrogens with one attached hydrogen (secondary N) is 1. The SMILES string of the molecule is C=C[C@]1(CO)O[C@@H](n2ccc(=O)[nH]c2=O)C(F)(F)[C@@H]1O. The van der Waals surface area contributed by atoms with Gasteiger partial charge >= 0.3 is 11.6 Å². The fourth-order valence-corrected chi connectivity index (χ4v) is 2.01. The maximum Gasteiger partial charge on any atom is 0.330 e. The van der Waals surface area contributed by atoms with Crippen LogP contribution in [0.5, 0.6) is 0 Å². The third-order valence-electron chi connectivity index (χ3n) is 3.18. The molecule has 1 aliphatic rings. The molecule has 1 aliphatic heterocycles. The van der Waals surface area contributed by atoms with Gasteiger partial charge in [0.25, 0.3) is 5.56 Å². The van der Waals surface area contributed by atoms with E-state index in [1.165, 1.54) is 0 Å². The summed E-state index contributed by atoms with van der Waals surface area (Å²) in [4.78, 5) is 24.3. The van der Waals surface area contributed by atoms with E-state index >= 15 is 0 Å². The molecule has 9 heteroatoms. The van der Waals surface area contributed by atoms with Gasteiger partial charge in [0, 0.05) is 12.3 Å². The number of aromatic nitrogens is 2. The largest absolute Gasteiger partial charge is 0.393 e. The number of hydrogen-bond donors (Lipinski definition) is 3. The molecule has 2 heterocycles. The highest BCUT2D eigenvalue weighted by Gasteiger charge is 2.65. The molecule has 0 aromatic carbocycles. The molecule has 1 saturated heterocycles. The Morgan fingerprint density at radius 1 is 1.55 bits per heavy atom. The van der Waals surface area contributed by atoms with E-state index in [-0.39, 0.29) is 0 Å². The Bertz CT molecular complexity index is 640. The van der Waals surface area contributed by atoms with Crippen molar-refractivity contribution in [3.63, 3.8) is 0 Å². The van der Waals surface area contributed by atoms with Gasteiger partial charge in [-0.1, -0.05) is 6.08 Å². The summed E-state index contributed by atoms with van der Waals surface area (Å²) >= 11 is 0. The maximum atomic E-state index is 14.1. The number of aliphatic hydroxyl groups is 2. The first-order valence-electron chi connectivity index (χ1n) is 5.58. The fraction of sp³-hybridized carbons (Fsp3) is 0.455. The van der Waals surface area contributed by atoms with Gasteiger partial charge in [-0.05, 0) is 0 Å². The molecule has 0 unspecified atom stereocenters. The number of alkyl halides is 2. The minimum atomic E-state index is -3.86. The van der Waals surface area contributed by atoms with Crippen molar-refractivity contribution in [3.05, 3.63) is 45.8 Å². The van der Waals surface area contributed by atoms with Crippen LogP contribution in [-0.4, -0.2) is 44.0 Å². The van der Waals surface area contributed by atoms with Crippen LogP contribution < -0.4 is 11.2 Å². The Labute approximate surface area is 110 Å². The van der Waals surface area contributed by atoms with E-state index in [1.54, 1.807) is 4.98 Å². The van der Waals surface area contributed by atoms with E-state index in [2.05, 4.69) is 6.58 Å². The van der Waals surface area contributed by atoms with E-state index in [0.717, 1.165) is 18.3 Å². The van der Waals surface area contributed by atoms with Gasteiger partial charge in [0.2, 0.25) is 6.23 Å². The summed E-state index contributed by atoms with van der Waals surface area (Å²) in [5.74, 6) is -3.86. The van der Waals surface area contributed by atoms with Gasteiger partial charge in [-0.15, -0.1) is 6.58 Å². The zero-order valence-corrected chi connectivity index (χ0v) is 10.1. The lowest BCUT2D eigenvalue weighted by Crippen LogP contribution is -2.47. The highest BCUT2D eigenvalue weighted by molar-refractivity contribution is 5.13. The molecule has 110 valence electrons. The molecule has 0 amide bonds. The summed E-state index contributed by atoms with van der Waals surface area (Å²) in [5, 5.41) is 18.8. The van der Waals surface area contributed by atoms with Crippen molar-refractivity contribution >= 4 is 0 Å². The van der Waals surface area contributed by atoms with Crippen LogP contribution in [0.25, 0.3) is 0 Å². The predicted octanol–water partition coefficient (Wildman–Crippen LogP) is -1.02. The number of nitrogens with zero attached hydrogens (tertiary/aromatic N) is 1. The van der Waals surface area contributed by atoms with Crippen molar-refractivity contribution in [2.75, 3.05) is 6.61 Å². The molecule has 1 fully saturated rings. The zero-order valence-electron chi connectivity index (χ0n) is 10.1. The number of ether oxygens (including phenoxy) is 1. The summed E-state index contributed by atoms with van der Waals surface area (Å²) in [6.45, 7) is 2.30. The van der Waals surface area contributed by atoms with E-state index in [0.29, 0.717) is 4.57 Å². The third-order valence-corrected chi connectivity index (χ3v) is 3.18. The highest BCUT2D eigenvalue weighted by Crippen LogP contribution is 2.47. The Hall–Kier alpha value is -1.84. The topological polar surface area (TPSA) is 105 Å². The van der Waals surface area contributed by atoms with Crippen LogP contribution in [0.15, 0.2) is 34.5 Å². The van der Waals surface area contributed by atoms with Crippen LogP contribution in [0.4, 0.5) is 8.78 Å². The number of aromatic amines is 1. The van der Waals surface area contributed by atoms with E-state index in [9.17, 15) is 23.5 Å². The molecular weight excluding hydrogens is 278 g/mol. The lowest BCUT2D eigenvalue weighted by molar-refractivity contribution is -0.142. The first-order valence-corrected chi connectivity index (χ1v) is 5.58. The van der Waals surface area contributed by atoms with Crippen molar-refractivity contribution in [2.24, 2.45) is 0 Å². The molecule has 0 spiro atoms. The molecule has 1 aromatic rings. The van der Waals surface area contributed by atoms with Crippen LogP contribution in [0.3, 0.4) is 0 Å². The van der Waals surface area contributed by atoms with Crippen LogP contribution in [0, 0.1) is 0 Å². The molecule has 20 heavy (non-hydrogen) atoms. The lowest BCUT2D eigenvalue weighted by atomic mass is 9.96. The quantitative estimate of drug-likeness (QED) is 0.618. The minimum Gasteiger partial charge on any atom is -0.393 e. The minimum absolute atomic E-state index is 0.436. The van der Waals surface area contributed by atoms with Crippen molar-refractivity contribution < 1.29 is 23.7 Å². The Kier molecular flexibility index (Phi) is 3.36. The summed E-state index contributed by atoms with van der Waals surface area (Å²) in [7, 11) is 0. The van der Waals surface area contributed by atoms with Gasteiger partial charge in [-0.25, -0.2) is 4.79 Å². The lowest BCUT2D eigenvalue weighted by Gasteiger charge is -2.25. The molecule has 0 saturated carbocycles. The van der Waals surface area contributed by atoms with Gasteiger partial charge in [0.1, 0.15) is 5.60 Å². The molecule has 7 nitrogen and oxygen atoms in total. The van der Waals surface area contributed by atoms with Crippen LogP contribution in [0.1, 0.15) is 6.23 Å². The van der Waals surface area contributed by atoms with Gasteiger partial charge in [0.05, 0.1) is 6.61 Å². The van der Waals surface area contributed by atoms with Gasteiger partial charge in [-0.2, -0.15) is 8.78 Å². The smallest absolute Gasteiger partial charge is 0.330 e. The molecule has 2 rings (SSSR count). The van der Waals surface area contributed by atoms with Crippen LogP contribution in [-0.2, 0) is 4.74 Å². The van der Waals surface area contributed by atoms with Gasteiger partial charge < -0.3 is 14.9 Å². The molecule has 3 atom stereocenters. The Balaban J connectivity index is 2.55. The second-order valence-corrected chi connectivity index (χ2v) is 4.38. The van der Waals surface area contributed by atoms with E-state index in [1.807, 2.05) is 0 Å². The Morgan fingerprint density at radius 2 is 2.20 bits per heavy atom. The molecular formula is C11H12F2N2O5. The van der Waals surface area contributed by atoms with E-state index < -0.39 is 41.7 Å². The van der Waals surface area contributed by atoms with Gasteiger partial charge in [0.15, 0.2) is 6.10 Å². The number of rotatable bonds is 3. The zero-order chi connectivity index (χ0) is 15.1. The second-order valence-electron chi connectivity index (χ2n) is 4.38. The van der Waals surface area contributed by atoms with Crippen molar-refractivity contribution in [3.8, 4) is 0 Å². The van der Waals surface area contributed by atoms with Crippen molar-refractivity contribution in [2.45, 2.75) is 23.9 Å². The monoisotopic (exact) mass is 290 g/mol. The van der Waals surface area contributed by atoms with Crippen LogP contribution in [0.2, 0.25) is 0 Å². The van der Waals surface area contributed by atoms with Gasteiger partial charge in [-0.3, -0.25) is 14.3 Å². The van der Waals surface area contributed by atoms with E-state index in [4.69, 9.17) is 9.84 Å². The Morgan fingerprint density at radius 3 is 2.65 bits per heavy atom. The highest BCUT2D eigenvalue weighted by atomic mass is 19.3. The molecule has 0 radical (unpaired) electrons. The fourth-order valence-electron chi connectivity index (χ4n) is 2.01. The number of aliphatic hydroxyl groups excluding tert-OH is 2. The summed E-state index contributed by atoms with van der Waals surface area (Å²) in [6.07, 6.45) is -2.89. The average molecular weight is 290 g/mol. The summed E-state index contributed by atoms with van der Waals surface area (Å²) in [5.41, 5.74) is -3.97. The first-order chi connectivity index (χ1) is 9.28. The molecule has 0 bridgehead atoms. The van der Waals surface area contributed by atoms with Crippen molar-refractivity contribution in [1.82, 2.24) is 9.55 Å². The first kappa shape index (κ1) is 14.6. The number of H-pyrrole nitrogens is 1. The maximum absolute atomic E-state index is 14.1. The standard InChI is InChI=1S/C11H12F2N2O5/c1-2-10(5-16)7(18)11(12,13)8(20-10)15-4-3-6(17)14-9(15)19/h2-4,7-8,16,18H,1,5H2,(H,14,17,19)/t7-,8-,10-/m1/s1. The summed E-state index contributed by atoms with van der Waals surface area (Å²) in [6, 6.07) is 0.861. The summed E-state index contributed by atoms with van der Waals surface area (Å²) < 4.78 is 33.5.